The Morgan fingerprint density at radius 3 is 3.00 bits per heavy atom. The molecule has 0 saturated carbocycles. The maximum Gasteiger partial charge on any atom is 0.267 e. The van der Waals surface area contributed by atoms with E-state index in [0.29, 0.717) is 18.7 Å². The quantitative estimate of drug-likeness (QED) is 0.758. The normalized spacial score (nSPS) is 27.5. The molecule has 2 amide bonds. The molecule has 2 radical (unpaired) electrons. The molecule has 0 unspecified atom stereocenters. The fourth-order valence-electron chi connectivity index (χ4n) is 2.55. The summed E-state index contributed by atoms with van der Waals surface area (Å²) in [4.78, 5) is 27.3. The summed E-state index contributed by atoms with van der Waals surface area (Å²) >= 11 is 2.64. The van der Waals surface area contributed by atoms with Gasteiger partial charge in [0.1, 0.15) is 28.1 Å². The van der Waals surface area contributed by atoms with Gasteiger partial charge in [-0.1, -0.05) is 4.78 Å². The number of amides is 2. The van der Waals surface area contributed by atoms with Crippen LogP contribution in [-0.2, 0) is 14.3 Å². The molecule has 1 aliphatic rings. The van der Waals surface area contributed by atoms with Crippen molar-refractivity contribution in [3.8, 4) is 0 Å². The van der Waals surface area contributed by atoms with Crippen molar-refractivity contribution in [1.29, 1.82) is 0 Å². The summed E-state index contributed by atoms with van der Waals surface area (Å²) in [7, 11) is 1.60. The lowest BCUT2D eigenvalue weighted by atomic mass is 10.0. The SMILES string of the molecule is COC[C@@]1(C)C[C@H]([Al])[C@@H](C(=O)Nc2ccnc(C(N)=O)c2)O1. The molecule has 8 heteroatoms. The lowest BCUT2D eigenvalue weighted by molar-refractivity contribution is -0.134. The number of nitrogens with one attached hydrogen (secondary N) is 1. The largest absolute Gasteiger partial charge is 0.382 e. The lowest BCUT2D eigenvalue weighted by Gasteiger charge is -2.23. The topological polar surface area (TPSA) is 104 Å². The minimum Gasteiger partial charge on any atom is -0.382 e. The summed E-state index contributed by atoms with van der Waals surface area (Å²) < 4.78 is 11.0. The third kappa shape index (κ3) is 3.84. The van der Waals surface area contributed by atoms with Crippen molar-refractivity contribution in [3.63, 3.8) is 0 Å². The molecule has 0 spiro atoms. The van der Waals surface area contributed by atoms with E-state index in [9.17, 15) is 9.59 Å². The minimum atomic E-state index is -0.648. The number of pyridine rings is 1. The molecule has 116 valence electrons. The van der Waals surface area contributed by atoms with E-state index in [4.69, 9.17) is 15.2 Å². The predicted octanol–water partition coefficient (Wildman–Crippen LogP) is 0.270. The standard InChI is InChI=1S/C14H18N3O4.Al/c1-14(8-20-2)5-3-11(21-14)13(19)17-9-4-6-16-10(7-9)12(15)18;/h3-4,6-7,11H,5,8H2,1-2H3,(H2,15,18)(H,16,17,19);/t11-,14+;/m0./s1. The van der Waals surface area contributed by atoms with Gasteiger partial charge >= 0.3 is 0 Å². The Morgan fingerprint density at radius 1 is 1.64 bits per heavy atom. The van der Waals surface area contributed by atoms with E-state index < -0.39 is 17.6 Å². The fraction of sp³-hybridized carbons (Fsp3) is 0.500. The van der Waals surface area contributed by atoms with Gasteiger partial charge in [0.15, 0.2) is 0 Å². The molecule has 22 heavy (non-hydrogen) atoms. The Balaban J connectivity index is 2.06. The van der Waals surface area contributed by atoms with Crippen LogP contribution in [0.2, 0.25) is 4.78 Å². The fourth-order valence-corrected chi connectivity index (χ4v) is 3.30. The van der Waals surface area contributed by atoms with Crippen molar-refractivity contribution >= 4 is 33.8 Å². The molecule has 1 fully saturated rings. The molecule has 3 atom stereocenters. The Hall–Kier alpha value is -1.46. The van der Waals surface area contributed by atoms with Crippen molar-refractivity contribution < 1.29 is 19.1 Å². The third-order valence-electron chi connectivity index (χ3n) is 3.46. The van der Waals surface area contributed by atoms with Gasteiger partial charge in [0, 0.05) is 19.0 Å². The van der Waals surface area contributed by atoms with E-state index in [1.54, 1.807) is 13.2 Å². The smallest absolute Gasteiger partial charge is 0.267 e. The molecule has 1 saturated heterocycles. The van der Waals surface area contributed by atoms with Gasteiger partial charge in [0.25, 0.3) is 11.8 Å². The van der Waals surface area contributed by atoms with Gasteiger partial charge in [-0.25, -0.2) is 0 Å². The van der Waals surface area contributed by atoms with Crippen molar-refractivity contribution in [2.75, 3.05) is 19.0 Å². The van der Waals surface area contributed by atoms with E-state index in [1.807, 2.05) is 6.92 Å². The first-order chi connectivity index (χ1) is 10.3. The maximum absolute atomic E-state index is 12.4. The molecule has 2 rings (SSSR count). The average Bonchev–Trinajstić information content (AvgIpc) is 2.74. The number of primary amides is 1. The first-order valence-corrected chi connectivity index (χ1v) is 7.50. The molecule has 0 bridgehead atoms. The van der Waals surface area contributed by atoms with Gasteiger partial charge in [-0.05, 0) is 25.5 Å². The zero-order chi connectivity index (χ0) is 16.3. The first kappa shape index (κ1) is 16.9. The summed E-state index contributed by atoms with van der Waals surface area (Å²) in [5, 5.41) is 2.72. The second kappa shape index (κ2) is 6.75. The molecule has 3 N–H and O–H groups in total. The van der Waals surface area contributed by atoms with E-state index in [2.05, 4.69) is 26.6 Å². The summed E-state index contributed by atoms with van der Waals surface area (Å²) in [6.45, 7) is 2.33. The van der Waals surface area contributed by atoms with Crippen LogP contribution < -0.4 is 11.1 Å². The molecule has 2 heterocycles. The Morgan fingerprint density at radius 2 is 2.36 bits per heavy atom. The van der Waals surface area contributed by atoms with Crippen molar-refractivity contribution in [1.82, 2.24) is 4.98 Å². The van der Waals surface area contributed by atoms with Crippen molar-refractivity contribution in [3.05, 3.63) is 24.0 Å². The molecule has 1 aromatic rings. The number of hydrogen-bond acceptors (Lipinski definition) is 5. The van der Waals surface area contributed by atoms with Crippen LogP contribution in [0, 0.1) is 0 Å². The van der Waals surface area contributed by atoms with Crippen molar-refractivity contribution in [2.45, 2.75) is 29.8 Å². The number of rotatable bonds is 5. The lowest BCUT2D eigenvalue weighted by Crippen LogP contribution is -2.35. The van der Waals surface area contributed by atoms with Gasteiger partial charge in [-0.3, -0.25) is 14.6 Å². The van der Waals surface area contributed by atoms with E-state index in [0.717, 1.165) is 0 Å². The molecule has 1 aromatic heterocycles. The number of nitrogens with zero attached hydrogens (tertiary/aromatic N) is 1. The molecule has 7 nitrogen and oxygen atoms in total. The van der Waals surface area contributed by atoms with Crippen LogP contribution in [0.3, 0.4) is 0 Å². The summed E-state index contributed by atoms with van der Waals surface area (Å²) in [5.74, 6) is -0.925. The Labute approximate surface area is 137 Å². The number of methoxy groups -OCH3 is 1. The van der Waals surface area contributed by atoms with Crippen LogP contribution in [0.1, 0.15) is 23.8 Å². The predicted molar refractivity (Wildman–Crippen MR) is 80.7 cm³/mol. The summed E-state index contributed by atoms with van der Waals surface area (Å²) in [6.07, 6.45) is 1.51. The summed E-state index contributed by atoms with van der Waals surface area (Å²) in [5.41, 5.74) is 5.23. The number of nitrogens with two attached hydrogens (primary N) is 1. The number of anilines is 1. The third-order valence-corrected chi connectivity index (χ3v) is 4.04. The minimum absolute atomic E-state index is 0.0161. The maximum atomic E-state index is 12.4. The van der Waals surface area contributed by atoms with Crippen LogP contribution in [-0.4, -0.2) is 58.5 Å². The highest BCUT2D eigenvalue weighted by atomic mass is 27.0. The Kier molecular flexibility index (Phi) is 5.19. The van der Waals surface area contributed by atoms with Crippen LogP contribution in [0.4, 0.5) is 5.69 Å². The highest BCUT2D eigenvalue weighted by Crippen LogP contribution is 2.37. The van der Waals surface area contributed by atoms with Crippen LogP contribution in [0.5, 0.6) is 0 Å². The number of hydrogen-bond donors (Lipinski definition) is 2. The first-order valence-electron chi connectivity index (χ1n) is 6.84. The van der Waals surface area contributed by atoms with Gasteiger partial charge in [0.05, 0.1) is 12.2 Å². The molecular weight excluding hydrogens is 301 g/mol. The van der Waals surface area contributed by atoms with Crippen molar-refractivity contribution in [2.24, 2.45) is 5.73 Å². The second-order valence-corrected chi connectivity index (χ2v) is 6.43. The average molecular weight is 319 g/mol. The monoisotopic (exact) mass is 319 g/mol. The molecule has 0 aromatic carbocycles. The second-order valence-electron chi connectivity index (χ2n) is 5.57. The van der Waals surface area contributed by atoms with E-state index >= 15 is 0 Å². The highest BCUT2D eigenvalue weighted by molar-refractivity contribution is 6.15. The zero-order valence-corrected chi connectivity index (χ0v) is 13.7. The Bertz CT molecular complexity index is 583. The number of carbonyl (C=O) groups excluding carboxylic acids is 2. The van der Waals surface area contributed by atoms with Crippen LogP contribution >= 0.6 is 0 Å². The van der Waals surface area contributed by atoms with Gasteiger partial charge in [0.2, 0.25) is 0 Å². The number of carbonyl (C=O) groups is 2. The van der Waals surface area contributed by atoms with Crippen LogP contribution in [0.15, 0.2) is 18.3 Å². The number of aromatic nitrogens is 1. The van der Waals surface area contributed by atoms with Crippen LogP contribution in [0.25, 0.3) is 0 Å². The molecular formula is C14H18AlN3O4. The van der Waals surface area contributed by atoms with E-state index in [1.165, 1.54) is 12.3 Å². The van der Waals surface area contributed by atoms with Gasteiger partial charge in [-0.2, -0.15) is 0 Å². The molecule has 1 aliphatic heterocycles. The highest BCUT2D eigenvalue weighted by Gasteiger charge is 2.43. The van der Waals surface area contributed by atoms with Gasteiger partial charge < -0.3 is 20.5 Å². The van der Waals surface area contributed by atoms with E-state index in [-0.39, 0.29) is 16.4 Å². The van der Waals surface area contributed by atoms with Gasteiger partial charge in [-0.15, -0.1) is 0 Å². The zero-order valence-electron chi connectivity index (χ0n) is 12.5. The summed E-state index contributed by atoms with van der Waals surface area (Å²) in [6, 6.07) is 3.02. The molecule has 0 aliphatic carbocycles. The number of ether oxygens (including phenoxy) is 2.